The van der Waals surface area contributed by atoms with Gasteiger partial charge in [0.15, 0.2) is 0 Å². The van der Waals surface area contributed by atoms with Gasteiger partial charge in [0, 0.05) is 7.05 Å². The van der Waals surface area contributed by atoms with Gasteiger partial charge in [-0.2, -0.15) is 0 Å². The number of carbonyl (C=O) groups is 1. The lowest BCUT2D eigenvalue weighted by Gasteiger charge is -2.16. The third-order valence-electron chi connectivity index (χ3n) is 2.93. The smallest absolute Gasteiger partial charge is 0.240 e. The highest BCUT2D eigenvalue weighted by Gasteiger charge is 2.21. The molecule has 92 valence electrons. The lowest BCUT2D eigenvalue weighted by atomic mass is 10.4. The Morgan fingerprint density at radius 1 is 1.47 bits per heavy atom. The fourth-order valence-corrected chi connectivity index (χ4v) is 1.53. The van der Waals surface area contributed by atoms with E-state index in [2.05, 4.69) is 15.3 Å². The number of amides is 1. The van der Waals surface area contributed by atoms with Crippen LogP contribution in [0.15, 0.2) is 12.4 Å². The SMILES string of the molecule is Cc1ncc(N(C)C(=O)CNCC2CC2)cn1. The van der Waals surface area contributed by atoms with Gasteiger partial charge < -0.3 is 10.2 Å². The van der Waals surface area contributed by atoms with Crippen molar-refractivity contribution < 1.29 is 4.79 Å². The summed E-state index contributed by atoms with van der Waals surface area (Å²) in [6.45, 7) is 3.15. The number of hydrogen-bond donors (Lipinski definition) is 1. The molecular weight excluding hydrogens is 216 g/mol. The molecule has 0 unspecified atom stereocenters. The van der Waals surface area contributed by atoms with Gasteiger partial charge in [-0.15, -0.1) is 0 Å². The highest BCUT2D eigenvalue weighted by Crippen LogP contribution is 2.27. The Morgan fingerprint density at radius 3 is 2.71 bits per heavy atom. The summed E-state index contributed by atoms with van der Waals surface area (Å²) in [6.07, 6.45) is 5.92. The van der Waals surface area contributed by atoms with Crippen LogP contribution in [0.5, 0.6) is 0 Å². The highest BCUT2D eigenvalue weighted by molar-refractivity contribution is 5.93. The first kappa shape index (κ1) is 12.0. The zero-order chi connectivity index (χ0) is 12.3. The minimum absolute atomic E-state index is 0.0399. The fourth-order valence-electron chi connectivity index (χ4n) is 1.53. The maximum absolute atomic E-state index is 11.8. The van der Waals surface area contributed by atoms with E-state index in [9.17, 15) is 4.79 Å². The standard InChI is InChI=1S/C12H18N4O/c1-9-14-6-11(7-15-9)16(2)12(17)8-13-5-10-3-4-10/h6-7,10,13H,3-5,8H2,1-2H3. The lowest BCUT2D eigenvalue weighted by molar-refractivity contribution is -0.117. The van der Waals surface area contributed by atoms with Crippen LogP contribution in [0.1, 0.15) is 18.7 Å². The molecule has 0 aliphatic heterocycles. The number of carbonyl (C=O) groups excluding carboxylic acids is 1. The quantitative estimate of drug-likeness (QED) is 0.816. The van der Waals surface area contributed by atoms with Crippen molar-refractivity contribution in [3.8, 4) is 0 Å². The van der Waals surface area contributed by atoms with E-state index in [0.29, 0.717) is 12.4 Å². The molecule has 2 rings (SSSR count). The summed E-state index contributed by atoms with van der Waals surface area (Å²) in [5.41, 5.74) is 0.730. The number of rotatable bonds is 5. The van der Waals surface area contributed by atoms with Crippen molar-refractivity contribution >= 4 is 11.6 Å². The van der Waals surface area contributed by atoms with Crippen LogP contribution in [0.25, 0.3) is 0 Å². The Morgan fingerprint density at radius 2 is 2.12 bits per heavy atom. The van der Waals surface area contributed by atoms with Gasteiger partial charge in [-0.05, 0) is 32.2 Å². The van der Waals surface area contributed by atoms with Crippen molar-refractivity contribution in [1.29, 1.82) is 0 Å². The van der Waals surface area contributed by atoms with Crippen molar-refractivity contribution in [2.75, 3.05) is 25.0 Å². The maximum Gasteiger partial charge on any atom is 0.240 e. The largest absolute Gasteiger partial charge is 0.312 e. The molecule has 1 saturated carbocycles. The molecule has 0 spiro atoms. The summed E-state index contributed by atoms with van der Waals surface area (Å²) in [7, 11) is 1.75. The van der Waals surface area contributed by atoms with Crippen molar-refractivity contribution in [3.05, 3.63) is 18.2 Å². The van der Waals surface area contributed by atoms with E-state index in [-0.39, 0.29) is 5.91 Å². The van der Waals surface area contributed by atoms with Crippen LogP contribution in [-0.2, 0) is 4.79 Å². The Balaban J connectivity index is 1.82. The molecule has 1 aliphatic carbocycles. The first-order valence-electron chi connectivity index (χ1n) is 5.92. The molecule has 1 aromatic heterocycles. The number of nitrogens with zero attached hydrogens (tertiary/aromatic N) is 3. The molecule has 5 nitrogen and oxygen atoms in total. The molecule has 1 heterocycles. The summed E-state index contributed by atoms with van der Waals surface area (Å²) in [6, 6.07) is 0. The number of anilines is 1. The number of aryl methyl sites for hydroxylation is 1. The van der Waals surface area contributed by atoms with Gasteiger partial charge in [-0.25, -0.2) is 9.97 Å². The van der Waals surface area contributed by atoms with Gasteiger partial charge in [-0.3, -0.25) is 4.79 Å². The predicted molar refractivity (Wildman–Crippen MR) is 65.8 cm³/mol. The van der Waals surface area contributed by atoms with E-state index in [1.54, 1.807) is 24.3 Å². The van der Waals surface area contributed by atoms with Crippen LogP contribution in [-0.4, -0.2) is 36.0 Å². The topological polar surface area (TPSA) is 58.1 Å². The monoisotopic (exact) mass is 234 g/mol. The Labute approximate surface area is 101 Å². The second kappa shape index (κ2) is 5.23. The van der Waals surface area contributed by atoms with Gasteiger partial charge in [0.1, 0.15) is 5.82 Å². The molecule has 1 N–H and O–H groups in total. The Bertz CT molecular complexity index is 386. The lowest BCUT2D eigenvalue weighted by Crippen LogP contribution is -2.36. The number of nitrogens with one attached hydrogen (secondary N) is 1. The predicted octanol–water partition coefficient (Wildman–Crippen LogP) is 0.747. The molecule has 17 heavy (non-hydrogen) atoms. The Kier molecular flexibility index (Phi) is 3.68. The summed E-state index contributed by atoms with van der Waals surface area (Å²) in [5.74, 6) is 1.54. The van der Waals surface area contributed by atoms with Crippen LogP contribution in [0.3, 0.4) is 0 Å². The zero-order valence-corrected chi connectivity index (χ0v) is 10.3. The highest BCUT2D eigenvalue weighted by atomic mass is 16.2. The van der Waals surface area contributed by atoms with Crippen LogP contribution < -0.4 is 10.2 Å². The van der Waals surface area contributed by atoms with Gasteiger partial charge in [0.25, 0.3) is 0 Å². The number of likely N-dealkylation sites (N-methyl/N-ethyl adjacent to an activating group) is 1. The number of hydrogen-bond acceptors (Lipinski definition) is 4. The summed E-state index contributed by atoms with van der Waals surface area (Å²) < 4.78 is 0. The van der Waals surface area contributed by atoms with Crippen LogP contribution in [0.4, 0.5) is 5.69 Å². The molecule has 0 aromatic carbocycles. The molecule has 1 amide bonds. The van der Waals surface area contributed by atoms with E-state index in [1.165, 1.54) is 12.8 Å². The summed E-state index contributed by atoms with van der Waals surface area (Å²) >= 11 is 0. The van der Waals surface area contributed by atoms with E-state index >= 15 is 0 Å². The third kappa shape index (κ3) is 3.49. The molecule has 5 heteroatoms. The molecule has 1 fully saturated rings. The molecule has 0 radical (unpaired) electrons. The average molecular weight is 234 g/mol. The van der Waals surface area contributed by atoms with Crippen LogP contribution in [0.2, 0.25) is 0 Å². The van der Waals surface area contributed by atoms with Gasteiger partial charge in [0.2, 0.25) is 5.91 Å². The van der Waals surface area contributed by atoms with Gasteiger partial charge in [0.05, 0.1) is 24.6 Å². The zero-order valence-electron chi connectivity index (χ0n) is 10.3. The summed E-state index contributed by atoms with van der Waals surface area (Å²) in [4.78, 5) is 21.6. The minimum Gasteiger partial charge on any atom is -0.312 e. The van der Waals surface area contributed by atoms with Crippen molar-refractivity contribution in [2.45, 2.75) is 19.8 Å². The van der Waals surface area contributed by atoms with Crippen molar-refractivity contribution in [3.63, 3.8) is 0 Å². The Hall–Kier alpha value is -1.49. The van der Waals surface area contributed by atoms with E-state index < -0.39 is 0 Å². The van der Waals surface area contributed by atoms with E-state index in [0.717, 1.165) is 18.2 Å². The van der Waals surface area contributed by atoms with Crippen molar-refractivity contribution in [2.24, 2.45) is 5.92 Å². The van der Waals surface area contributed by atoms with E-state index in [1.807, 2.05) is 6.92 Å². The fraction of sp³-hybridized carbons (Fsp3) is 0.583. The minimum atomic E-state index is 0.0399. The maximum atomic E-state index is 11.8. The average Bonchev–Trinajstić information content (AvgIpc) is 3.13. The molecular formula is C12H18N4O. The normalized spacial score (nSPS) is 14.7. The molecule has 1 aromatic rings. The molecule has 0 atom stereocenters. The van der Waals surface area contributed by atoms with Gasteiger partial charge in [-0.1, -0.05) is 0 Å². The third-order valence-corrected chi connectivity index (χ3v) is 2.93. The van der Waals surface area contributed by atoms with Crippen LogP contribution >= 0.6 is 0 Å². The molecule has 0 saturated heterocycles. The second-order valence-electron chi connectivity index (χ2n) is 4.52. The second-order valence-corrected chi connectivity index (χ2v) is 4.52. The first-order valence-corrected chi connectivity index (χ1v) is 5.92. The first-order chi connectivity index (χ1) is 8.16. The summed E-state index contributed by atoms with van der Waals surface area (Å²) in [5, 5.41) is 3.18. The molecule has 0 bridgehead atoms. The van der Waals surface area contributed by atoms with Crippen molar-refractivity contribution in [1.82, 2.24) is 15.3 Å². The van der Waals surface area contributed by atoms with E-state index in [4.69, 9.17) is 0 Å². The van der Waals surface area contributed by atoms with Gasteiger partial charge >= 0.3 is 0 Å². The van der Waals surface area contributed by atoms with Crippen LogP contribution in [0, 0.1) is 12.8 Å². The molecule has 1 aliphatic rings. The number of aromatic nitrogens is 2.